The molecule has 15 heavy (non-hydrogen) atoms. The molecule has 0 saturated carbocycles. The first kappa shape index (κ1) is 10.3. The summed E-state index contributed by atoms with van der Waals surface area (Å²) in [7, 11) is 0. The Balaban J connectivity index is 2.40. The van der Waals surface area contributed by atoms with E-state index in [1.807, 2.05) is 31.3 Å². The van der Waals surface area contributed by atoms with Gasteiger partial charge in [-0.05, 0) is 30.7 Å². The molecule has 0 unspecified atom stereocenters. The van der Waals surface area contributed by atoms with E-state index in [1.165, 1.54) is 0 Å². The number of nitrogens with zero attached hydrogens (tertiary/aromatic N) is 3. The van der Waals surface area contributed by atoms with E-state index >= 15 is 0 Å². The van der Waals surface area contributed by atoms with Crippen LogP contribution in [-0.4, -0.2) is 15.0 Å². The number of rotatable bonds is 2. The van der Waals surface area contributed by atoms with Gasteiger partial charge >= 0.3 is 0 Å². The number of aromatic nitrogens is 3. The minimum absolute atomic E-state index is 0.412. The maximum absolute atomic E-state index is 5.47. The predicted octanol–water partition coefficient (Wildman–Crippen LogP) is 1.80. The van der Waals surface area contributed by atoms with Crippen LogP contribution in [0, 0.1) is 6.92 Å². The molecule has 5 heteroatoms. The molecule has 2 rings (SSSR count). The highest BCUT2D eigenvalue weighted by atomic mass is 79.9. The van der Waals surface area contributed by atoms with Gasteiger partial charge in [0.15, 0.2) is 0 Å². The summed E-state index contributed by atoms with van der Waals surface area (Å²) in [6.45, 7) is 2.45. The van der Waals surface area contributed by atoms with Gasteiger partial charge in [-0.15, -0.1) is 5.10 Å². The molecule has 0 saturated heterocycles. The number of hydrogen-bond acceptors (Lipinski definition) is 3. The molecule has 1 aromatic carbocycles. The summed E-state index contributed by atoms with van der Waals surface area (Å²) in [5.41, 5.74) is 8.41. The monoisotopic (exact) mass is 266 g/mol. The third kappa shape index (κ3) is 2.08. The van der Waals surface area contributed by atoms with Crippen molar-refractivity contribution in [2.75, 3.05) is 0 Å². The molecule has 0 aliphatic heterocycles. The summed E-state index contributed by atoms with van der Waals surface area (Å²) < 4.78 is 2.81. The van der Waals surface area contributed by atoms with E-state index in [4.69, 9.17) is 5.73 Å². The van der Waals surface area contributed by atoms with Crippen molar-refractivity contribution in [3.05, 3.63) is 40.1 Å². The van der Waals surface area contributed by atoms with Gasteiger partial charge in [0.1, 0.15) is 0 Å². The first-order valence-corrected chi connectivity index (χ1v) is 5.38. The van der Waals surface area contributed by atoms with Crippen molar-refractivity contribution < 1.29 is 0 Å². The lowest BCUT2D eigenvalue weighted by Gasteiger charge is -2.02. The second-order valence-corrected chi connectivity index (χ2v) is 4.15. The highest BCUT2D eigenvalue weighted by molar-refractivity contribution is 9.10. The molecule has 0 spiro atoms. The number of hydrogen-bond donors (Lipinski definition) is 1. The summed E-state index contributed by atoms with van der Waals surface area (Å²) in [5.74, 6) is 0. The minimum Gasteiger partial charge on any atom is -0.325 e. The number of benzene rings is 1. The van der Waals surface area contributed by atoms with Crippen molar-refractivity contribution in [3.8, 4) is 5.69 Å². The van der Waals surface area contributed by atoms with Gasteiger partial charge in [-0.1, -0.05) is 21.1 Å². The Morgan fingerprint density at radius 2 is 2.27 bits per heavy atom. The average molecular weight is 267 g/mol. The zero-order valence-electron chi connectivity index (χ0n) is 8.31. The molecular formula is C10H11BrN4. The van der Waals surface area contributed by atoms with Gasteiger partial charge in [-0.2, -0.15) is 0 Å². The van der Waals surface area contributed by atoms with Crippen molar-refractivity contribution in [1.29, 1.82) is 0 Å². The first-order chi connectivity index (χ1) is 7.20. The lowest BCUT2D eigenvalue weighted by Crippen LogP contribution is -1.96. The van der Waals surface area contributed by atoms with Crippen LogP contribution in [0.3, 0.4) is 0 Å². The van der Waals surface area contributed by atoms with Crippen LogP contribution in [-0.2, 0) is 6.54 Å². The number of halogens is 1. The third-order valence-corrected chi connectivity index (χ3v) is 3.05. The van der Waals surface area contributed by atoms with Crippen LogP contribution >= 0.6 is 15.9 Å². The van der Waals surface area contributed by atoms with Gasteiger partial charge in [0, 0.05) is 11.0 Å². The van der Waals surface area contributed by atoms with Crippen LogP contribution < -0.4 is 5.73 Å². The van der Waals surface area contributed by atoms with E-state index in [9.17, 15) is 0 Å². The molecule has 78 valence electrons. The zero-order valence-corrected chi connectivity index (χ0v) is 9.90. The van der Waals surface area contributed by atoms with Gasteiger partial charge in [0.05, 0.1) is 17.6 Å². The number of nitrogens with two attached hydrogens (primary N) is 1. The number of aryl methyl sites for hydroxylation is 1. The predicted molar refractivity (Wildman–Crippen MR) is 61.7 cm³/mol. The second-order valence-electron chi connectivity index (χ2n) is 3.29. The van der Waals surface area contributed by atoms with Gasteiger partial charge in [-0.3, -0.25) is 0 Å². The Hall–Kier alpha value is -1.20. The fourth-order valence-corrected chi connectivity index (χ4v) is 1.54. The fraction of sp³-hybridized carbons (Fsp3) is 0.200. The summed E-state index contributed by atoms with van der Waals surface area (Å²) in [5, 5.41) is 7.94. The highest BCUT2D eigenvalue weighted by Gasteiger charge is 2.02. The molecule has 0 amide bonds. The van der Waals surface area contributed by atoms with Crippen molar-refractivity contribution >= 4 is 15.9 Å². The quantitative estimate of drug-likeness (QED) is 0.902. The van der Waals surface area contributed by atoms with Gasteiger partial charge in [0.25, 0.3) is 0 Å². The normalized spacial score (nSPS) is 10.6. The molecule has 0 atom stereocenters. The van der Waals surface area contributed by atoms with E-state index in [0.29, 0.717) is 6.54 Å². The largest absolute Gasteiger partial charge is 0.325 e. The molecule has 1 heterocycles. The Morgan fingerprint density at radius 1 is 1.47 bits per heavy atom. The van der Waals surface area contributed by atoms with E-state index in [1.54, 1.807) is 4.68 Å². The van der Waals surface area contributed by atoms with E-state index in [0.717, 1.165) is 21.4 Å². The molecule has 2 N–H and O–H groups in total. The molecule has 0 fully saturated rings. The van der Waals surface area contributed by atoms with Crippen molar-refractivity contribution in [2.45, 2.75) is 13.5 Å². The molecule has 0 bridgehead atoms. The van der Waals surface area contributed by atoms with Gasteiger partial charge in [-0.25, -0.2) is 4.68 Å². The summed E-state index contributed by atoms with van der Waals surface area (Å²) in [6, 6.07) is 6.01. The summed E-state index contributed by atoms with van der Waals surface area (Å²) >= 11 is 3.46. The lowest BCUT2D eigenvalue weighted by molar-refractivity contribution is 0.796. The highest BCUT2D eigenvalue weighted by Crippen LogP contribution is 2.18. The average Bonchev–Trinajstić information content (AvgIpc) is 2.70. The van der Waals surface area contributed by atoms with Crippen LogP contribution in [0.1, 0.15) is 11.3 Å². The smallest absolute Gasteiger partial charge is 0.0967 e. The molecule has 4 nitrogen and oxygen atoms in total. The Labute approximate surface area is 96.2 Å². The standard InChI is InChI=1S/C10H11BrN4/c1-7-4-9(2-3-10(7)11)15-6-8(5-12)13-14-15/h2-4,6H,5,12H2,1H3. The fourth-order valence-electron chi connectivity index (χ4n) is 1.29. The molecular weight excluding hydrogens is 256 g/mol. The van der Waals surface area contributed by atoms with Crippen molar-refractivity contribution in [1.82, 2.24) is 15.0 Å². The summed E-state index contributed by atoms with van der Waals surface area (Å²) in [4.78, 5) is 0. The SMILES string of the molecule is Cc1cc(-n2cc(CN)nn2)ccc1Br. The Kier molecular flexibility index (Phi) is 2.83. The van der Waals surface area contributed by atoms with E-state index in [-0.39, 0.29) is 0 Å². The third-order valence-electron chi connectivity index (χ3n) is 2.16. The molecule has 0 aliphatic carbocycles. The summed E-state index contributed by atoms with van der Waals surface area (Å²) in [6.07, 6.45) is 1.84. The maximum Gasteiger partial charge on any atom is 0.0967 e. The molecule has 1 aromatic heterocycles. The van der Waals surface area contributed by atoms with Crippen LogP contribution in [0.25, 0.3) is 5.69 Å². The maximum atomic E-state index is 5.47. The van der Waals surface area contributed by atoms with Gasteiger partial charge in [0.2, 0.25) is 0 Å². The molecule has 2 aromatic rings. The second kappa shape index (κ2) is 4.12. The van der Waals surface area contributed by atoms with Crippen LogP contribution in [0.2, 0.25) is 0 Å². The minimum atomic E-state index is 0.412. The van der Waals surface area contributed by atoms with Crippen molar-refractivity contribution in [2.24, 2.45) is 5.73 Å². The van der Waals surface area contributed by atoms with Crippen LogP contribution in [0.5, 0.6) is 0 Å². The topological polar surface area (TPSA) is 56.7 Å². The van der Waals surface area contributed by atoms with E-state index < -0.39 is 0 Å². The zero-order chi connectivity index (χ0) is 10.8. The van der Waals surface area contributed by atoms with Crippen LogP contribution in [0.15, 0.2) is 28.9 Å². The Morgan fingerprint density at radius 3 is 2.87 bits per heavy atom. The van der Waals surface area contributed by atoms with E-state index in [2.05, 4.69) is 26.2 Å². The molecule has 0 aliphatic rings. The van der Waals surface area contributed by atoms with Gasteiger partial charge < -0.3 is 5.73 Å². The Bertz CT molecular complexity index is 478. The van der Waals surface area contributed by atoms with Crippen LogP contribution in [0.4, 0.5) is 0 Å². The van der Waals surface area contributed by atoms with Crippen molar-refractivity contribution in [3.63, 3.8) is 0 Å². The first-order valence-electron chi connectivity index (χ1n) is 4.58. The lowest BCUT2D eigenvalue weighted by atomic mass is 10.2. The molecule has 0 radical (unpaired) electrons.